The first-order valence-electron chi connectivity index (χ1n) is 17.0. The fourth-order valence-electron chi connectivity index (χ4n) is 5.13. The van der Waals surface area contributed by atoms with E-state index in [1.54, 1.807) is 91.9 Å². The predicted molar refractivity (Wildman–Crippen MR) is 196 cm³/mol. The highest BCUT2D eigenvalue weighted by molar-refractivity contribution is 7.64. The van der Waals surface area contributed by atoms with Crippen molar-refractivity contribution in [3.63, 3.8) is 0 Å². The van der Waals surface area contributed by atoms with Crippen molar-refractivity contribution in [3.05, 3.63) is 156 Å². The molecule has 0 radical (unpaired) electrons. The first kappa shape index (κ1) is 39.8. The predicted octanol–water partition coefficient (Wildman–Crippen LogP) is 5.95. The molecule has 0 aromatic heterocycles. The summed E-state index contributed by atoms with van der Waals surface area (Å²) >= 11 is 0. The summed E-state index contributed by atoms with van der Waals surface area (Å²) in [6.45, 7) is 1.19. The van der Waals surface area contributed by atoms with Crippen LogP contribution < -0.4 is 15.5 Å². The number of ether oxygens (including phenoxy) is 6. The highest BCUT2D eigenvalue weighted by Crippen LogP contribution is 2.38. The lowest BCUT2D eigenvalue weighted by Gasteiger charge is -2.25. The number of hydrogen-bond acceptors (Lipinski definition) is 12. The van der Waals surface area contributed by atoms with Gasteiger partial charge in [-0.1, -0.05) is 84.9 Å². The van der Waals surface area contributed by atoms with Crippen molar-refractivity contribution in [1.82, 2.24) is 15.5 Å². The second-order valence-electron chi connectivity index (χ2n) is 11.7. The molecular formula is C39H38N3O12P. The van der Waals surface area contributed by atoms with E-state index in [1.807, 2.05) is 0 Å². The van der Waals surface area contributed by atoms with Crippen LogP contribution in [0, 0.1) is 0 Å². The van der Waals surface area contributed by atoms with Crippen molar-refractivity contribution in [2.24, 2.45) is 0 Å². The molecular weight excluding hydrogens is 733 g/mol. The average molecular weight is 772 g/mol. The Morgan fingerprint density at radius 3 is 1.73 bits per heavy atom. The van der Waals surface area contributed by atoms with Crippen LogP contribution in [0.1, 0.15) is 43.6 Å². The second-order valence-corrected chi connectivity index (χ2v) is 13.8. The van der Waals surface area contributed by atoms with E-state index < -0.39 is 68.6 Å². The van der Waals surface area contributed by atoms with Gasteiger partial charge in [0.15, 0.2) is 18.4 Å². The van der Waals surface area contributed by atoms with E-state index >= 15 is 0 Å². The Labute approximate surface area is 316 Å². The van der Waals surface area contributed by atoms with Crippen LogP contribution in [-0.4, -0.2) is 67.8 Å². The van der Waals surface area contributed by atoms with Gasteiger partial charge in [0.2, 0.25) is 0 Å². The summed E-state index contributed by atoms with van der Waals surface area (Å²) < 4.78 is 47.4. The third-order valence-corrected chi connectivity index (χ3v) is 9.34. The van der Waals surface area contributed by atoms with E-state index in [9.17, 15) is 28.5 Å². The lowest BCUT2D eigenvalue weighted by molar-refractivity contribution is -0.0461. The van der Waals surface area contributed by atoms with Crippen molar-refractivity contribution in [2.75, 3.05) is 13.2 Å². The Kier molecular flexibility index (Phi) is 14.2. The second kappa shape index (κ2) is 19.6. The molecule has 4 aromatic carbocycles. The SMILES string of the molecule is CCOC=CP(=O)(NC(=O)NC1OC(COC(=O)c2ccccc2)C(OC(=O)c2ccccc2)C1OC(=O)c1ccccc1)NC(=O)OCc1ccccc1. The lowest BCUT2D eigenvalue weighted by atomic mass is 10.1. The molecule has 0 bridgehead atoms. The van der Waals surface area contributed by atoms with Crippen LogP contribution in [0.15, 0.2) is 133 Å². The van der Waals surface area contributed by atoms with Crippen molar-refractivity contribution in [3.8, 4) is 0 Å². The van der Waals surface area contributed by atoms with Gasteiger partial charge in [-0.05, 0) is 48.9 Å². The molecule has 3 amide bonds. The van der Waals surface area contributed by atoms with Crippen LogP contribution in [0.3, 0.4) is 0 Å². The zero-order valence-electron chi connectivity index (χ0n) is 29.5. The number of benzene rings is 4. The number of carbonyl (C=O) groups is 5. The molecule has 5 atom stereocenters. The number of urea groups is 1. The van der Waals surface area contributed by atoms with Gasteiger partial charge in [0, 0.05) is 5.82 Å². The van der Waals surface area contributed by atoms with E-state index in [0.29, 0.717) is 5.56 Å². The molecule has 0 spiro atoms. The molecule has 0 aliphatic carbocycles. The Balaban J connectivity index is 1.39. The molecule has 1 aliphatic heterocycles. The van der Waals surface area contributed by atoms with Crippen LogP contribution >= 0.6 is 7.44 Å². The zero-order chi connectivity index (χ0) is 39.0. The van der Waals surface area contributed by atoms with E-state index in [1.165, 1.54) is 36.4 Å². The average Bonchev–Trinajstić information content (AvgIpc) is 3.51. The number of rotatable bonds is 15. The Morgan fingerprint density at radius 1 is 0.673 bits per heavy atom. The number of nitrogens with one attached hydrogen (secondary N) is 3. The quantitative estimate of drug-likeness (QED) is 0.0558. The molecule has 4 aromatic rings. The summed E-state index contributed by atoms with van der Waals surface area (Å²) in [5.74, 6) is -1.48. The van der Waals surface area contributed by atoms with Gasteiger partial charge in [-0.3, -0.25) is 14.7 Å². The third kappa shape index (κ3) is 11.8. The molecule has 5 rings (SSSR count). The molecule has 16 heteroatoms. The maximum atomic E-state index is 13.9. The summed E-state index contributed by atoms with van der Waals surface area (Å²) in [4.78, 5) is 65.9. The summed E-state index contributed by atoms with van der Waals surface area (Å²) in [7, 11) is -4.30. The van der Waals surface area contributed by atoms with Gasteiger partial charge in [-0.15, -0.1) is 0 Å². The molecule has 3 N–H and O–H groups in total. The standard InChI is InChI=1S/C39H38N3O12P/c1-2-49-23-24-55(48,42-39(47)51-25-27-15-7-3-8-16-27)41-38(46)40-34-33(54-37(45)30-21-13-6-14-22-30)32(53-36(44)29-19-11-5-12-20-29)31(52-34)26-50-35(43)28-17-9-4-10-18-28/h3-24,31-34H,2,25-26H2,1H3,(H3,40,41,42,46,47,48). The molecule has 1 saturated heterocycles. The maximum absolute atomic E-state index is 13.9. The van der Waals surface area contributed by atoms with Gasteiger partial charge >= 0.3 is 30.0 Å². The van der Waals surface area contributed by atoms with Crippen LogP contribution in [0.2, 0.25) is 0 Å². The first-order chi connectivity index (χ1) is 26.6. The molecule has 0 saturated carbocycles. The van der Waals surface area contributed by atoms with Crippen molar-refractivity contribution >= 4 is 37.5 Å². The van der Waals surface area contributed by atoms with Gasteiger partial charge in [-0.2, -0.15) is 0 Å². The van der Waals surface area contributed by atoms with Crippen LogP contribution in [0.25, 0.3) is 0 Å². The van der Waals surface area contributed by atoms with Crippen molar-refractivity contribution < 1.29 is 57.0 Å². The molecule has 1 heterocycles. The van der Waals surface area contributed by atoms with Gasteiger partial charge in [0.05, 0.1) is 29.6 Å². The Bertz CT molecular complexity index is 1980. The number of amides is 3. The van der Waals surface area contributed by atoms with Gasteiger partial charge in [0.25, 0.3) is 7.44 Å². The smallest absolute Gasteiger partial charge is 0.414 e. The molecule has 1 fully saturated rings. The summed E-state index contributed by atoms with van der Waals surface area (Å²) in [5, 5.41) is 6.79. The summed E-state index contributed by atoms with van der Waals surface area (Å²) in [6, 6.07) is 31.4. The van der Waals surface area contributed by atoms with Crippen molar-refractivity contribution in [2.45, 2.75) is 38.1 Å². The minimum Gasteiger partial charge on any atom is -0.501 e. The highest BCUT2D eigenvalue weighted by atomic mass is 31.2. The molecule has 15 nitrogen and oxygen atoms in total. The fraction of sp³-hybridized carbons (Fsp3) is 0.205. The van der Waals surface area contributed by atoms with Gasteiger partial charge in [-0.25, -0.2) is 24.0 Å². The fourth-order valence-corrected chi connectivity index (χ4v) is 6.29. The third-order valence-electron chi connectivity index (χ3n) is 7.75. The van der Waals surface area contributed by atoms with Crippen LogP contribution in [-0.2, 0) is 39.6 Å². The lowest BCUT2D eigenvalue weighted by Crippen LogP contribution is -2.50. The zero-order valence-corrected chi connectivity index (χ0v) is 30.4. The first-order valence-corrected chi connectivity index (χ1v) is 18.8. The Hall–Kier alpha value is -6.44. The number of carbonyl (C=O) groups excluding carboxylic acids is 5. The van der Waals surface area contributed by atoms with Crippen LogP contribution in [0.5, 0.6) is 0 Å². The molecule has 286 valence electrons. The molecule has 5 unspecified atom stereocenters. The van der Waals surface area contributed by atoms with Crippen LogP contribution in [0.4, 0.5) is 9.59 Å². The largest absolute Gasteiger partial charge is 0.501 e. The molecule has 55 heavy (non-hydrogen) atoms. The minimum absolute atomic E-state index is 0.126. The number of esters is 3. The van der Waals surface area contributed by atoms with Crippen molar-refractivity contribution in [1.29, 1.82) is 0 Å². The minimum atomic E-state index is -4.30. The van der Waals surface area contributed by atoms with Gasteiger partial charge < -0.3 is 33.7 Å². The molecule has 1 aliphatic rings. The number of hydrogen-bond donors (Lipinski definition) is 3. The van der Waals surface area contributed by atoms with E-state index in [0.717, 1.165) is 12.1 Å². The highest BCUT2D eigenvalue weighted by Gasteiger charge is 2.51. The van der Waals surface area contributed by atoms with Gasteiger partial charge in [0.1, 0.15) is 19.3 Å². The summed E-state index contributed by atoms with van der Waals surface area (Å²) in [6.07, 6.45) is -5.97. The van der Waals surface area contributed by atoms with E-state index in [-0.39, 0.29) is 29.9 Å². The summed E-state index contributed by atoms with van der Waals surface area (Å²) in [5.41, 5.74) is 1.16. The monoisotopic (exact) mass is 771 g/mol. The maximum Gasteiger partial charge on any atom is 0.414 e. The normalized spacial score (nSPS) is 18.6. The topological polar surface area (TPSA) is 194 Å². The van der Waals surface area contributed by atoms with E-state index in [2.05, 4.69) is 15.5 Å². The Morgan fingerprint density at radius 2 is 1.18 bits per heavy atom. The van der Waals surface area contributed by atoms with E-state index in [4.69, 9.17) is 28.4 Å².